The van der Waals surface area contributed by atoms with E-state index in [9.17, 15) is 0 Å². The van der Waals surface area contributed by atoms with Crippen molar-refractivity contribution in [3.05, 3.63) is 54.4 Å². The molecule has 21 heavy (non-hydrogen) atoms. The second-order valence-corrected chi connectivity index (χ2v) is 9.33. The van der Waals surface area contributed by atoms with Crippen LogP contribution in [0.1, 0.15) is 26.5 Å². The van der Waals surface area contributed by atoms with E-state index in [-0.39, 0.29) is 15.9 Å². The maximum absolute atomic E-state index is 4.47. The van der Waals surface area contributed by atoms with Crippen LogP contribution in [0.4, 0.5) is 11.4 Å². The Morgan fingerprint density at radius 1 is 0.952 bits per heavy atom. The van der Waals surface area contributed by atoms with Crippen molar-refractivity contribution >= 4 is 27.3 Å². The first-order chi connectivity index (χ1) is 10.0. The minimum atomic E-state index is -0.338. The van der Waals surface area contributed by atoms with Crippen LogP contribution < -0.4 is 7.71 Å². The zero-order valence-corrected chi connectivity index (χ0v) is 15.0. The van der Waals surface area contributed by atoms with Gasteiger partial charge in [-0.25, -0.2) is 0 Å². The Kier molecular flexibility index (Phi) is 3.93. The van der Waals surface area contributed by atoms with Gasteiger partial charge in [0.15, 0.2) is 0 Å². The first-order valence-corrected chi connectivity index (χ1v) is 9.21. The number of para-hydroxylation sites is 2. The molecule has 0 atom stereocenters. The van der Waals surface area contributed by atoms with E-state index in [1.54, 1.807) is 0 Å². The molecule has 0 fully saturated rings. The Labute approximate surface area is 133 Å². The molecule has 1 aromatic heterocycles. The van der Waals surface area contributed by atoms with Gasteiger partial charge in [0.05, 0.1) is 0 Å². The molecular formula is C17H21GeN3. The van der Waals surface area contributed by atoms with E-state index < -0.39 is 0 Å². The van der Waals surface area contributed by atoms with E-state index in [1.165, 1.54) is 11.4 Å². The maximum atomic E-state index is 4.47. The summed E-state index contributed by atoms with van der Waals surface area (Å²) in [6.45, 7) is 8.96. The standard InChI is InChI=1S/C17H21GeN3/c1-17(2,3)13-21-16-10-5-4-9-15(16)20(18-21)12-14-8-6-7-11-19-14/h4-11H,12-13H2,1-3H3. The monoisotopic (exact) mass is 341 g/mol. The number of pyridine rings is 1. The fraction of sp³-hybridized carbons (Fsp3) is 0.353. The predicted molar refractivity (Wildman–Crippen MR) is 89.4 cm³/mol. The number of aromatic nitrogens is 1. The van der Waals surface area contributed by atoms with Crippen molar-refractivity contribution in [1.29, 1.82) is 0 Å². The van der Waals surface area contributed by atoms with Crippen LogP contribution in [-0.2, 0) is 6.54 Å². The average molecular weight is 340 g/mol. The van der Waals surface area contributed by atoms with Gasteiger partial charge in [0.2, 0.25) is 0 Å². The van der Waals surface area contributed by atoms with E-state index in [2.05, 4.69) is 69.9 Å². The van der Waals surface area contributed by atoms with Gasteiger partial charge in [-0.3, -0.25) is 0 Å². The third kappa shape index (κ3) is 3.40. The van der Waals surface area contributed by atoms with Crippen LogP contribution in [0, 0.1) is 5.41 Å². The van der Waals surface area contributed by atoms with Crippen LogP contribution >= 0.6 is 0 Å². The molecule has 0 spiro atoms. The molecule has 2 radical (unpaired) electrons. The third-order valence-electron chi connectivity index (χ3n) is 3.38. The third-order valence-corrected chi connectivity index (χ3v) is 6.07. The number of hydrogen-bond donors (Lipinski definition) is 0. The molecule has 0 unspecified atom stereocenters. The van der Waals surface area contributed by atoms with Crippen LogP contribution in [0.2, 0.25) is 0 Å². The van der Waals surface area contributed by atoms with Crippen molar-refractivity contribution in [2.75, 3.05) is 14.3 Å². The van der Waals surface area contributed by atoms with Crippen molar-refractivity contribution in [2.24, 2.45) is 5.41 Å². The van der Waals surface area contributed by atoms with E-state index in [0.29, 0.717) is 5.41 Å². The number of benzene rings is 1. The number of nitrogens with zero attached hydrogens (tertiary/aromatic N) is 3. The average Bonchev–Trinajstić information content (AvgIpc) is 2.77. The first kappa shape index (κ1) is 14.5. The van der Waals surface area contributed by atoms with Crippen LogP contribution in [0.25, 0.3) is 0 Å². The van der Waals surface area contributed by atoms with Gasteiger partial charge >= 0.3 is 134 Å². The van der Waals surface area contributed by atoms with Gasteiger partial charge in [0.25, 0.3) is 0 Å². The quantitative estimate of drug-likeness (QED) is 0.798. The number of fused-ring (bicyclic) bond motifs is 1. The predicted octanol–water partition coefficient (Wildman–Crippen LogP) is 3.49. The molecule has 3 nitrogen and oxygen atoms in total. The van der Waals surface area contributed by atoms with Gasteiger partial charge in [-0.15, -0.1) is 0 Å². The summed E-state index contributed by atoms with van der Waals surface area (Å²) < 4.78 is 5.13. The molecule has 3 rings (SSSR count). The SMILES string of the molecule is CC(C)(C)C[N]1[Ge][N](Cc2ccccn2)c2ccccc21. The van der Waals surface area contributed by atoms with E-state index in [1.807, 2.05) is 12.3 Å². The van der Waals surface area contributed by atoms with Crippen LogP contribution in [0.3, 0.4) is 0 Å². The molecule has 4 heteroatoms. The van der Waals surface area contributed by atoms with Gasteiger partial charge in [-0.05, 0) is 0 Å². The molecule has 108 valence electrons. The molecular weight excluding hydrogens is 319 g/mol. The number of rotatable bonds is 3. The molecule has 0 bridgehead atoms. The molecule has 1 aromatic carbocycles. The zero-order valence-electron chi connectivity index (χ0n) is 12.9. The second-order valence-electron chi connectivity index (χ2n) is 6.64. The van der Waals surface area contributed by atoms with Crippen molar-refractivity contribution in [3.8, 4) is 0 Å². The minimum absolute atomic E-state index is 0.317. The van der Waals surface area contributed by atoms with Crippen LogP contribution in [0.5, 0.6) is 0 Å². The first-order valence-electron chi connectivity index (χ1n) is 7.33. The summed E-state index contributed by atoms with van der Waals surface area (Å²) in [7, 11) is 0. The Bertz CT molecular complexity index is 607. The van der Waals surface area contributed by atoms with Gasteiger partial charge in [-0.1, -0.05) is 0 Å². The Morgan fingerprint density at radius 3 is 2.24 bits per heavy atom. The Balaban J connectivity index is 1.84. The zero-order chi connectivity index (χ0) is 14.9. The van der Waals surface area contributed by atoms with Crippen LogP contribution in [-0.4, -0.2) is 27.4 Å². The fourth-order valence-corrected chi connectivity index (χ4v) is 6.03. The van der Waals surface area contributed by atoms with Gasteiger partial charge in [-0.2, -0.15) is 0 Å². The van der Waals surface area contributed by atoms with Crippen molar-refractivity contribution in [1.82, 2.24) is 4.98 Å². The number of hydrogen-bond acceptors (Lipinski definition) is 3. The molecule has 0 saturated heterocycles. The molecule has 0 saturated carbocycles. The summed E-state index contributed by atoms with van der Waals surface area (Å²) in [6, 6.07) is 14.9. The van der Waals surface area contributed by atoms with Crippen molar-refractivity contribution < 1.29 is 0 Å². The fourth-order valence-electron chi connectivity index (χ4n) is 2.54. The molecule has 0 N–H and O–H groups in total. The Morgan fingerprint density at radius 2 is 1.62 bits per heavy atom. The van der Waals surface area contributed by atoms with Gasteiger partial charge in [0, 0.05) is 0 Å². The van der Waals surface area contributed by atoms with Crippen molar-refractivity contribution in [2.45, 2.75) is 27.3 Å². The second kappa shape index (κ2) is 5.72. The molecule has 1 aliphatic heterocycles. The summed E-state index contributed by atoms with van der Waals surface area (Å²) >= 11 is -0.338. The normalized spacial score (nSPS) is 14.4. The molecule has 2 heterocycles. The van der Waals surface area contributed by atoms with Gasteiger partial charge < -0.3 is 0 Å². The van der Waals surface area contributed by atoms with E-state index >= 15 is 0 Å². The number of anilines is 2. The molecule has 2 aromatic rings. The molecule has 0 amide bonds. The van der Waals surface area contributed by atoms with E-state index in [0.717, 1.165) is 18.8 Å². The summed E-state index contributed by atoms with van der Waals surface area (Å²) in [5.74, 6) is 0. The summed E-state index contributed by atoms with van der Waals surface area (Å²) in [6.07, 6.45) is 1.88. The van der Waals surface area contributed by atoms with Crippen LogP contribution in [0.15, 0.2) is 48.7 Å². The summed E-state index contributed by atoms with van der Waals surface area (Å²) in [5, 5.41) is 0. The Hall–Kier alpha value is -1.49. The van der Waals surface area contributed by atoms with Gasteiger partial charge in [0.1, 0.15) is 0 Å². The molecule has 0 aliphatic carbocycles. The topological polar surface area (TPSA) is 19.4 Å². The summed E-state index contributed by atoms with van der Waals surface area (Å²) in [4.78, 5) is 4.47. The van der Waals surface area contributed by atoms with E-state index in [4.69, 9.17) is 0 Å². The summed E-state index contributed by atoms with van der Waals surface area (Å²) in [5.41, 5.74) is 4.22. The molecule has 1 aliphatic rings. The van der Waals surface area contributed by atoms with Crippen molar-refractivity contribution in [3.63, 3.8) is 0 Å².